The molecule has 0 bridgehead atoms. The Morgan fingerprint density at radius 3 is 2.69 bits per heavy atom. The second-order valence-corrected chi connectivity index (χ2v) is 3.39. The lowest BCUT2D eigenvalue weighted by molar-refractivity contribution is 0.237. The van der Waals surface area contributed by atoms with Gasteiger partial charge >= 0.3 is 0 Å². The number of aromatic nitrogens is 1. The predicted octanol–water partition coefficient (Wildman–Crippen LogP) is 1.79. The summed E-state index contributed by atoms with van der Waals surface area (Å²) in [6.45, 7) is 1.65. The lowest BCUT2D eigenvalue weighted by atomic mass is 10.0. The van der Waals surface area contributed by atoms with Crippen molar-refractivity contribution in [3.63, 3.8) is 0 Å². The van der Waals surface area contributed by atoms with Gasteiger partial charge in [0.1, 0.15) is 11.5 Å². The van der Waals surface area contributed by atoms with Gasteiger partial charge in [-0.2, -0.15) is 0 Å². The Kier molecular flexibility index (Phi) is 2.83. The average Bonchev–Trinajstić information content (AvgIpc) is 2.71. The van der Waals surface area contributed by atoms with Crippen molar-refractivity contribution >= 4 is 6.29 Å². The van der Waals surface area contributed by atoms with E-state index in [0.717, 1.165) is 5.56 Å². The molecule has 1 N–H and O–H groups in total. The zero-order chi connectivity index (χ0) is 11.5. The monoisotopic (exact) mass is 216 g/mol. The third-order valence-corrected chi connectivity index (χ3v) is 2.34. The SMILES string of the molecule is Cc1onc(-c2ccccc2)c1C(O)[C]=O. The number of hydrogen-bond donors (Lipinski definition) is 1. The summed E-state index contributed by atoms with van der Waals surface area (Å²) in [4.78, 5) is 10.5. The van der Waals surface area contributed by atoms with E-state index in [2.05, 4.69) is 5.16 Å². The topological polar surface area (TPSA) is 63.3 Å². The molecule has 0 saturated heterocycles. The van der Waals surface area contributed by atoms with Crippen LogP contribution in [0.4, 0.5) is 0 Å². The van der Waals surface area contributed by atoms with Crippen LogP contribution >= 0.6 is 0 Å². The number of benzene rings is 1. The first-order chi connectivity index (χ1) is 7.74. The van der Waals surface area contributed by atoms with Gasteiger partial charge in [0.05, 0.1) is 5.56 Å². The highest BCUT2D eigenvalue weighted by molar-refractivity contribution is 5.71. The lowest BCUT2D eigenvalue weighted by Crippen LogP contribution is -2.00. The van der Waals surface area contributed by atoms with Crippen molar-refractivity contribution in [3.8, 4) is 11.3 Å². The van der Waals surface area contributed by atoms with E-state index in [0.29, 0.717) is 17.0 Å². The first kappa shape index (κ1) is 10.6. The summed E-state index contributed by atoms with van der Waals surface area (Å²) in [5.74, 6) is 0.426. The van der Waals surface area contributed by atoms with Crippen molar-refractivity contribution in [3.05, 3.63) is 41.7 Å². The van der Waals surface area contributed by atoms with Crippen LogP contribution in [-0.4, -0.2) is 16.5 Å². The molecule has 1 aromatic heterocycles. The third-order valence-electron chi connectivity index (χ3n) is 2.34. The van der Waals surface area contributed by atoms with Crippen LogP contribution in [0.25, 0.3) is 11.3 Å². The molecule has 4 nitrogen and oxygen atoms in total. The minimum absolute atomic E-state index is 0.376. The van der Waals surface area contributed by atoms with Crippen LogP contribution in [0.15, 0.2) is 34.9 Å². The molecule has 0 aliphatic carbocycles. The summed E-state index contributed by atoms with van der Waals surface area (Å²) < 4.78 is 4.98. The summed E-state index contributed by atoms with van der Waals surface area (Å²) in [5.41, 5.74) is 1.65. The molecule has 2 rings (SSSR count). The molecule has 81 valence electrons. The molecule has 0 saturated carbocycles. The molecule has 1 aromatic carbocycles. The van der Waals surface area contributed by atoms with E-state index in [-0.39, 0.29) is 0 Å². The van der Waals surface area contributed by atoms with E-state index in [9.17, 15) is 9.90 Å². The average molecular weight is 216 g/mol. The fourth-order valence-electron chi connectivity index (χ4n) is 1.56. The normalized spacial score (nSPS) is 12.4. The maximum atomic E-state index is 10.5. The summed E-state index contributed by atoms with van der Waals surface area (Å²) in [6, 6.07) is 9.23. The predicted molar refractivity (Wildman–Crippen MR) is 57.3 cm³/mol. The van der Waals surface area contributed by atoms with Crippen LogP contribution in [0, 0.1) is 6.92 Å². The Hall–Kier alpha value is -1.94. The molecule has 16 heavy (non-hydrogen) atoms. The van der Waals surface area contributed by atoms with E-state index in [4.69, 9.17) is 4.52 Å². The third kappa shape index (κ3) is 1.75. The van der Waals surface area contributed by atoms with E-state index in [1.165, 1.54) is 6.29 Å². The summed E-state index contributed by atoms with van der Waals surface area (Å²) in [6.07, 6.45) is 0.206. The highest BCUT2D eigenvalue weighted by atomic mass is 16.5. The van der Waals surface area contributed by atoms with Crippen molar-refractivity contribution in [2.75, 3.05) is 0 Å². The van der Waals surface area contributed by atoms with Gasteiger partial charge in [0.15, 0.2) is 6.10 Å². The molecule has 0 spiro atoms. The molecule has 1 radical (unpaired) electrons. The summed E-state index contributed by atoms with van der Waals surface area (Å²) in [5, 5.41) is 13.4. The first-order valence-corrected chi connectivity index (χ1v) is 4.81. The molecule has 1 atom stereocenters. The Morgan fingerprint density at radius 2 is 2.06 bits per heavy atom. The van der Waals surface area contributed by atoms with Crippen LogP contribution in [0.2, 0.25) is 0 Å². The molecule has 0 fully saturated rings. The Balaban J connectivity index is 2.54. The van der Waals surface area contributed by atoms with E-state index < -0.39 is 6.10 Å². The lowest BCUT2D eigenvalue weighted by Gasteiger charge is -2.03. The molecule has 1 unspecified atom stereocenters. The second-order valence-electron chi connectivity index (χ2n) is 3.39. The number of carbonyl (C=O) groups excluding carboxylic acids is 1. The molecule has 2 aromatic rings. The number of aliphatic hydroxyl groups excluding tert-OH is 1. The van der Waals surface area contributed by atoms with Gasteiger partial charge in [0, 0.05) is 5.56 Å². The van der Waals surface area contributed by atoms with Gasteiger partial charge in [-0.05, 0) is 6.92 Å². The van der Waals surface area contributed by atoms with Crippen LogP contribution in [0.3, 0.4) is 0 Å². The van der Waals surface area contributed by atoms with Gasteiger partial charge in [0.2, 0.25) is 6.29 Å². The Bertz CT molecular complexity index is 490. The molecule has 0 amide bonds. The Morgan fingerprint density at radius 1 is 1.38 bits per heavy atom. The fraction of sp³-hybridized carbons (Fsp3) is 0.167. The van der Waals surface area contributed by atoms with Crippen molar-refractivity contribution < 1.29 is 14.4 Å². The van der Waals surface area contributed by atoms with Crippen LogP contribution in [-0.2, 0) is 4.79 Å². The quantitative estimate of drug-likeness (QED) is 0.849. The molecular weight excluding hydrogens is 206 g/mol. The summed E-state index contributed by atoms with van der Waals surface area (Å²) in [7, 11) is 0. The van der Waals surface area contributed by atoms with Crippen LogP contribution < -0.4 is 0 Å². The van der Waals surface area contributed by atoms with Gasteiger partial charge in [0.25, 0.3) is 0 Å². The smallest absolute Gasteiger partial charge is 0.234 e. The zero-order valence-corrected chi connectivity index (χ0v) is 8.68. The molecule has 4 heteroatoms. The van der Waals surface area contributed by atoms with Crippen LogP contribution in [0.5, 0.6) is 0 Å². The highest BCUT2D eigenvalue weighted by Crippen LogP contribution is 2.29. The minimum Gasteiger partial charge on any atom is -0.380 e. The maximum absolute atomic E-state index is 10.5. The first-order valence-electron chi connectivity index (χ1n) is 4.81. The zero-order valence-electron chi connectivity index (χ0n) is 8.68. The van der Waals surface area contributed by atoms with E-state index in [1.807, 2.05) is 30.3 Å². The van der Waals surface area contributed by atoms with Gasteiger partial charge in [-0.3, -0.25) is 4.79 Å². The van der Waals surface area contributed by atoms with Crippen molar-refractivity contribution in [2.45, 2.75) is 13.0 Å². The fourth-order valence-corrected chi connectivity index (χ4v) is 1.56. The van der Waals surface area contributed by atoms with Crippen molar-refractivity contribution in [2.24, 2.45) is 0 Å². The Labute approximate surface area is 92.5 Å². The molecule has 0 aliphatic heterocycles. The van der Waals surface area contributed by atoms with E-state index >= 15 is 0 Å². The molecule has 1 heterocycles. The van der Waals surface area contributed by atoms with Crippen molar-refractivity contribution in [1.29, 1.82) is 0 Å². The van der Waals surface area contributed by atoms with E-state index in [1.54, 1.807) is 6.92 Å². The summed E-state index contributed by atoms with van der Waals surface area (Å²) >= 11 is 0. The minimum atomic E-state index is -1.32. The van der Waals surface area contributed by atoms with Gasteiger partial charge in [-0.15, -0.1) is 0 Å². The second kappa shape index (κ2) is 4.28. The highest BCUT2D eigenvalue weighted by Gasteiger charge is 2.21. The number of aryl methyl sites for hydroxylation is 1. The van der Waals surface area contributed by atoms with Gasteiger partial charge in [-0.1, -0.05) is 35.5 Å². The largest absolute Gasteiger partial charge is 0.380 e. The van der Waals surface area contributed by atoms with Gasteiger partial charge in [-0.25, -0.2) is 0 Å². The standard InChI is InChI=1S/C12H10NO3/c1-8-11(10(15)7-14)12(13-16-8)9-5-3-2-4-6-9/h2-6,10,15H,1H3. The number of nitrogens with zero attached hydrogens (tertiary/aromatic N) is 1. The molecule has 0 aliphatic rings. The van der Waals surface area contributed by atoms with Crippen molar-refractivity contribution in [1.82, 2.24) is 5.16 Å². The number of rotatable bonds is 3. The number of aliphatic hydroxyl groups is 1. The van der Waals surface area contributed by atoms with Gasteiger partial charge < -0.3 is 9.63 Å². The molecular formula is C12H10NO3. The number of hydrogen-bond acceptors (Lipinski definition) is 4. The maximum Gasteiger partial charge on any atom is 0.234 e. The van der Waals surface area contributed by atoms with Crippen LogP contribution in [0.1, 0.15) is 17.4 Å².